The third-order valence-corrected chi connectivity index (χ3v) is 3.10. The fourth-order valence-electron chi connectivity index (χ4n) is 2.08. The van der Waals surface area contributed by atoms with E-state index in [0.717, 1.165) is 0 Å². The molecule has 4 heteroatoms. The molecule has 0 spiro atoms. The van der Waals surface area contributed by atoms with Crippen molar-refractivity contribution in [2.45, 2.75) is 37.9 Å². The van der Waals surface area contributed by atoms with E-state index >= 15 is 0 Å². The molecule has 4 nitrogen and oxygen atoms in total. The maximum absolute atomic E-state index is 11.9. The monoisotopic (exact) mass is 266 g/mol. The third kappa shape index (κ3) is 4.04. The fourth-order valence-corrected chi connectivity index (χ4v) is 2.08. The minimum atomic E-state index is -1.36. The Hall–Kier alpha value is -1.39. The first-order chi connectivity index (χ1) is 8.72. The van der Waals surface area contributed by atoms with Crippen molar-refractivity contribution in [2.75, 3.05) is 7.11 Å². The number of carbonyl (C=O) groups is 1. The Bertz CT molecular complexity index is 414. The van der Waals surface area contributed by atoms with Crippen molar-refractivity contribution in [1.82, 2.24) is 0 Å². The van der Waals surface area contributed by atoms with E-state index in [4.69, 9.17) is 4.74 Å². The molecule has 0 aromatic rings. The van der Waals surface area contributed by atoms with Crippen LogP contribution in [-0.2, 0) is 9.53 Å². The van der Waals surface area contributed by atoms with E-state index in [9.17, 15) is 15.0 Å². The highest BCUT2D eigenvalue weighted by molar-refractivity contribution is 5.93. The molecule has 0 aromatic carbocycles. The van der Waals surface area contributed by atoms with Gasteiger partial charge in [0.05, 0.1) is 12.7 Å². The van der Waals surface area contributed by atoms with Gasteiger partial charge in [0.15, 0.2) is 5.78 Å². The van der Waals surface area contributed by atoms with Crippen LogP contribution in [0.4, 0.5) is 0 Å². The number of rotatable bonds is 5. The highest BCUT2D eigenvalue weighted by Crippen LogP contribution is 2.35. The van der Waals surface area contributed by atoms with Gasteiger partial charge in [0.1, 0.15) is 11.4 Å². The number of allylic oxidation sites excluding steroid dienone is 2. The van der Waals surface area contributed by atoms with Crippen molar-refractivity contribution >= 4 is 5.78 Å². The maximum atomic E-state index is 11.9. The van der Waals surface area contributed by atoms with Crippen LogP contribution in [-0.4, -0.2) is 34.3 Å². The molecule has 0 aliphatic heterocycles. The molecule has 0 bridgehead atoms. The van der Waals surface area contributed by atoms with Gasteiger partial charge in [-0.3, -0.25) is 4.79 Å². The van der Waals surface area contributed by atoms with Crippen LogP contribution in [0.25, 0.3) is 0 Å². The van der Waals surface area contributed by atoms with Gasteiger partial charge in [-0.05, 0) is 32.8 Å². The maximum Gasteiger partial charge on any atom is 0.162 e. The molecule has 0 heterocycles. The SMILES string of the molecule is C=CCC1CC(O)(C=CC(C)(C)O)C(OC)=CC1=O. The van der Waals surface area contributed by atoms with Gasteiger partial charge in [-0.1, -0.05) is 12.2 Å². The summed E-state index contributed by atoms with van der Waals surface area (Å²) in [6, 6.07) is 0. The standard InChI is InChI=1S/C15H22O4/c1-5-6-11-10-15(18,8-7-14(2,3)17)13(19-4)9-12(11)16/h5,7-9,11,17-18H,1,6,10H2,2-4H3. The lowest BCUT2D eigenvalue weighted by molar-refractivity contribution is -0.121. The Labute approximate surface area is 114 Å². The number of ether oxygens (including phenoxy) is 1. The molecule has 0 saturated carbocycles. The first-order valence-electron chi connectivity index (χ1n) is 6.28. The van der Waals surface area contributed by atoms with Gasteiger partial charge in [-0.15, -0.1) is 6.58 Å². The van der Waals surface area contributed by atoms with Crippen LogP contribution in [0.3, 0.4) is 0 Å². The van der Waals surface area contributed by atoms with E-state index in [1.54, 1.807) is 19.9 Å². The minimum Gasteiger partial charge on any atom is -0.498 e. The first kappa shape index (κ1) is 15.7. The predicted octanol–water partition coefficient (Wildman–Crippen LogP) is 1.74. The lowest BCUT2D eigenvalue weighted by Gasteiger charge is -2.34. The number of hydrogen-bond donors (Lipinski definition) is 2. The van der Waals surface area contributed by atoms with E-state index in [0.29, 0.717) is 6.42 Å². The zero-order valence-corrected chi connectivity index (χ0v) is 11.7. The van der Waals surface area contributed by atoms with Crippen LogP contribution in [0.2, 0.25) is 0 Å². The summed E-state index contributed by atoms with van der Waals surface area (Å²) < 4.78 is 5.10. The number of ketones is 1. The zero-order valence-electron chi connectivity index (χ0n) is 11.7. The average Bonchev–Trinajstić information content (AvgIpc) is 2.31. The Morgan fingerprint density at radius 3 is 2.74 bits per heavy atom. The minimum absolute atomic E-state index is 0.0712. The Kier molecular flexibility index (Phi) is 4.71. The summed E-state index contributed by atoms with van der Waals surface area (Å²) in [5.74, 6) is -0.177. The van der Waals surface area contributed by atoms with Crippen molar-refractivity contribution in [3.8, 4) is 0 Å². The average molecular weight is 266 g/mol. The summed E-state index contributed by atoms with van der Waals surface area (Å²) in [5, 5.41) is 20.3. The van der Waals surface area contributed by atoms with Crippen LogP contribution in [0.5, 0.6) is 0 Å². The Morgan fingerprint density at radius 2 is 2.26 bits per heavy atom. The second-order valence-corrected chi connectivity index (χ2v) is 5.45. The van der Waals surface area contributed by atoms with E-state index in [-0.39, 0.29) is 23.9 Å². The molecule has 0 saturated heterocycles. The molecule has 0 radical (unpaired) electrons. The highest BCUT2D eigenvalue weighted by atomic mass is 16.5. The third-order valence-electron chi connectivity index (χ3n) is 3.10. The normalized spacial score (nSPS) is 28.4. The van der Waals surface area contributed by atoms with Gasteiger partial charge in [0, 0.05) is 12.0 Å². The van der Waals surface area contributed by atoms with E-state index < -0.39 is 11.2 Å². The second kappa shape index (κ2) is 5.72. The molecule has 1 aliphatic rings. The van der Waals surface area contributed by atoms with Crippen molar-refractivity contribution < 1.29 is 19.7 Å². The van der Waals surface area contributed by atoms with E-state index in [1.807, 2.05) is 0 Å². The molecule has 1 aliphatic carbocycles. The van der Waals surface area contributed by atoms with Crippen molar-refractivity contribution in [3.05, 3.63) is 36.6 Å². The molecule has 0 amide bonds. The van der Waals surface area contributed by atoms with Gasteiger partial charge in [0.25, 0.3) is 0 Å². The highest BCUT2D eigenvalue weighted by Gasteiger charge is 2.40. The lowest BCUT2D eigenvalue weighted by Crippen LogP contribution is -2.39. The number of aliphatic hydroxyl groups is 2. The van der Waals surface area contributed by atoms with E-state index in [2.05, 4.69) is 6.58 Å². The summed E-state index contributed by atoms with van der Waals surface area (Å²) in [4.78, 5) is 11.9. The molecule has 1 rings (SSSR count). The van der Waals surface area contributed by atoms with E-state index in [1.165, 1.54) is 25.3 Å². The molecule has 106 valence electrons. The van der Waals surface area contributed by atoms with Gasteiger partial charge in [-0.2, -0.15) is 0 Å². The van der Waals surface area contributed by atoms with Gasteiger partial charge < -0.3 is 14.9 Å². The largest absolute Gasteiger partial charge is 0.498 e. The molecule has 2 atom stereocenters. The Morgan fingerprint density at radius 1 is 1.63 bits per heavy atom. The number of carbonyl (C=O) groups excluding carboxylic acids is 1. The molecular formula is C15H22O4. The number of methoxy groups -OCH3 is 1. The van der Waals surface area contributed by atoms with Crippen LogP contribution in [0.15, 0.2) is 36.6 Å². The van der Waals surface area contributed by atoms with Crippen molar-refractivity contribution in [1.29, 1.82) is 0 Å². The van der Waals surface area contributed by atoms with Crippen LogP contribution in [0.1, 0.15) is 26.7 Å². The molecule has 2 unspecified atom stereocenters. The summed E-state index contributed by atoms with van der Waals surface area (Å²) in [6.07, 6.45) is 6.71. The van der Waals surface area contributed by atoms with Gasteiger partial charge in [-0.25, -0.2) is 0 Å². The topological polar surface area (TPSA) is 66.8 Å². The molecular weight excluding hydrogens is 244 g/mol. The van der Waals surface area contributed by atoms with Gasteiger partial charge >= 0.3 is 0 Å². The van der Waals surface area contributed by atoms with Crippen molar-refractivity contribution in [2.24, 2.45) is 5.92 Å². The molecule has 2 N–H and O–H groups in total. The fraction of sp³-hybridized carbons (Fsp3) is 0.533. The lowest BCUT2D eigenvalue weighted by atomic mass is 9.78. The quantitative estimate of drug-likeness (QED) is 0.744. The molecule has 0 fully saturated rings. The predicted molar refractivity (Wildman–Crippen MR) is 73.4 cm³/mol. The Balaban J connectivity index is 3.08. The summed E-state index contributed by atoms with van der Waals surface area (Å²) in [7, 11) is 1.41. The smallest absolute Gasteiger partial charge is 0.162 e. The van der Waals surface area contributed by atoms with Gasteiger partial charge in [0.2, 0.25) is 0 Å². The summed E-state index contributed by atoms with van der Waals surface area (Å²) in [6.45, 7) is 6.84. The van der Waals surface area contributed by atoms with Crippen LogP contribution >= 0.6 is 0 Å². The van der Waals surface area contributed by atoms with Crippen molar-refractivity contribution in [3.63, 3.8) is 0 Å². The summed E-state index contributed by atoms with van der Waals surface area (Å²) in [5.41, 5.74) is -2.40. The first-order valence-corrected chi connectivity index (χ1v) is 6.28. The molecule has 0 aromatic heterocycles. The zero-order chi connectivity index (χ0) is 14.7. The summed E-state index contributed by atoms with van der Waals surface area (Å²) >= 11 is 0. The van der Waals surface area contributed by atoms with Crippen LogP contribution < -0.4 is 0 Å². The van der Waals surface area contributed by atoms with Crippen LogP contribution in [0, 0.1) is 5.92 Å². The molecule has 19 heavy (non-hydrogen) atoms. The number of hydrogen-bond acceptors (Lipinski definition) is 4. The second-order valence-electron chi connectivity index (χ2n) is 5.45.